The number of rotatable bonds is 3. The van der Waals surface area contributed by atoms with Gasteiger partial charge in [0.1, 0.15) is 33.5 Å². The van der Waals surface area contributed by atoms with Crippen LogP contribution in [-0.4, -0.2) is 33.1 Å². The Morgan fingerprint density at radius 2 is 1.96 bits per heavy atom. The maximum atomic E-state index is 13.0. The summed E-state index contributed by atoms with van der Waals surface area (Å²) in [5.41, 5.74) is 1.31. The molecule has 0 saturated carbocycles. The maximum Gasteiger partial charge on any atom is 0.275 e. The minimum Gasteiger partial charge on any atom is -0.359 e. The highest BCUT2D eigenvalue weighted by molar-refractivity contribution is 7.80. The zero-order valence-corrected chi connectivity index (χ0v) is 15.4. The number of fused-ring (bicyclic) bond motifs is 3. The fraction of sp³-hybridized carbons (Fsp3) is 0.176. The van der Waals surface area contributed by atoms with E-state index in [1.54, 1.807) is 10.9 Å². The van der Waals surface area contributed by atoms with Gasteiger partial charge in [-0.25, -0.2) is 15.0 Å². The SMILES string of the molecule is CCN(C)c1ncnc2sc3c(=O)n(-c4ccc(S)cc4)cnc3c12. The van der Waals surface area contributed by atoms with Gasteiger partial charge in [-0.3, -0.25) is 9.36 Å². The van der Waals surface area contributed by atoms with Crippen LogP contribution in [0.15, 0.2) is 46.6 Å². The predicted octanol–water partition coefficient (Wildman–Crippen LogP) is 3.14. The van der Waals surface area contributed by atoms with Crippen LogP contribution in [0, 0.1) is 0 Å². The van der Waals surface area contributed by atoms with E-state index < -0.39 is 0 Å². The summed E-state index contributed by atoms with van der Waals surface area (Å²) in [6.45, 7) is 2.85. The van der Waals surface area contributed by atoms with Gasteiger partial charge in [0.05, 0.1) is 11.1 Å². The van der Waals surface area contributed by atoms with Gasteiger partial charge in [-0.1, -0.05) is 0 Å². The molecule has 4 aromatic rings. The minimum absolute atomic E-state index is 0.106. The van der Waals surface area contributed by atoms with Gasteiger partial charge in [0.15, 0.2) is 0 Å². The Morgan fingerprint density at radius 3 is 2.68 bits per heavy atom. The number of nitrogens with zero attached hydrogens (tertiary/aromatic N) is 5. The van der Waals surface area contributed by atoms with E-state index in [2.05, 4.69) is 27.6 Å². The monoisotopic (exact) mass is 369 g/mol. The maximum absolute atomic E-state index is 13.0. The molecule has 1 aromatic carbocycles. The summed E-state index contributed by atoms with van der Waals surface area (Å²) in [5.74, 6) is 0.794. The largest absolute Gasteiger partial charge is 0.359 e. The third-order valence-corrected chi connectivity index (χ3v) is 5.50. The second-order valence-electron chi connectivity index (χ2n) is 5.61. The Labute approximate surface area is 153 Å². The lowest BCUT2D eigenvalue weighted by molar-refractivity contribution is 0.940. The van der Waals surface area contributed by atoms with Crippen molar-refractivity contribution in [2.45, 2.75) is 11.8 Å². The average molecular weight is 369 g/mol. The summed E-state index contributed by atoms with van der Waals surface area (Å²) in [4.78, 5) is 29.9. The summed E-state index contributed by atoms with van der Waals surface area (Å²) in [6.07, 6.45) is 3.09. The first kappa shape index (κ1) is 16.0. The zero-order chi connectivity index (χ0) is 17.6. The van der Waals surface area contributed by atoms with Crippen LogP contribution in [0.3, 0.4) is 0 Å². The number of thiol groups is 1. The van der Waals surface area contributed by atoms with E-state index in [4.69, 9.17) is 0 Å². The van der Waals surface area contributed by atoms with Crippen molar-refractivity contribution in [3.8, 4) is 5.69 Å². The van der Waals surface area contributed by atoms with Crippen molar-refractivity contribution in [2.75, 3.05) is 18.5 Å². The van der Waals surface area contributed by atoms with Gasteiger partial charge in [0.2, 0.25) is 0 Å². The van der Waals surface area contributed by atoms with Gasteiger partial charge in [-0.15, -0.1) is 24.0 Å². The third kappa shape index (κ3) is 2.58. The topological polar surface area (TPSA) is 63.9 Å². The standard InChI is InChI=1S/C17H15N5OS2/c1-3-21(2)15-12-13-14(25-16(12)19-8-18-15)17(23)22(9-20-13)10-4-6-11(24)7-5-10/h4-9,24H,3H2,1-2H3. The molecule has 0 spiro atoms. The molecule has 0 aliphatic carbocycles. The molecule has 3 heterocycles. The van der Waals surface area contributed by atoms with Gasteiger partial charge >= 0.3 is 0 Å². The van der Waals surface area contributed by atoms with Crippen molar-refractivity contribution >= 4 is 50.2 Å². The van der Waals surface area contributed by atoms with Gasteiger partial charge in [0, 0.05) is 18.5 Å². The van der Waals surface area contributed by atoms with Crippen LogP contribution in [0.1, 0.15) is 6.92 Å². The Kier molecular flexibility index (Phi) is 3.93. The van der Waals surface area contributed by atoms with Crippen LogP contribution in [-0.2, 0) is 0 Å². The van der Waals surface area contributed by atoms with Crippen molar-refractivity contribution < 1.29 is 0 Å². The fourth-order valence-corrected chi connectivity index (χ4v) is 3.86. The molecule has 0 bridgehead atoms. The summed E-state index contributed by atoms with van der Waals surface area (Å²) in [6, 6.07) is 7.39. The molecule has 4 rings (SSSR count). The number of hydrogen-bond acceptors (Lipinski definition) is 7. The lowest BCUT2D eigenvalue weighted by Crippen LogP contribution is -2.18. The summed E-state index contributed by atoms with van der Waals surface area (Å²) < 4.78 is 2.13. The smallest absolute Gasteiger partial charge is 0.275 e. The van der Waals surface area contributed by atoms with Gasteiger partial charge in [-0.2, -0.15) is 0 Å². The van der Waals surface area contributed by atoms with Crippen LogP contribution in [0.5, 0.6) is 0 Å². The molecular formula is C17H15N5OS2. The lowest BCUT2D eigenvalue weighted by atomic mass is 10.3. The molecule has 25 heavy (non-hydrogen) atoms. The predicted molar refractivity (Wildman–Crippen MR) is 105 cm³/mol. The highest BCUT2D eigenvalue weighted by atomic mass is 32.1. The molecule has 0 unspecified atom stereocenters. The van der Waals surface area contributed by atoms with Crippen LogP contribution in [0.2, 0.25) is 0 Å². The molecule has 0 saturated heterocycles. The first-order valence-corrected chi connectivity index (χ1v) is 9.02. The molecule has 3 aromatic heterocycles. The number of aromatic nitrogens is 4. The lowest BCUT2D eigenvalue weighted by Gasteiger charge is -2.15. The quantitative estimate of drug-likeness (QED) is 0.562. The van der Waals surface area contributed by atoms with E-state index in [-0.39, 0.29) is 5.56 Å². The summed E-state index contributed by atoms with van der Waals surface area (Å²) >= 11 is 5.64. The number of hydrogen-bond donors (Lipinski definition) is 1. The summed E-state index contributed by atoms with van der Waals surface area (Å²) in [7, 11) is 1.96. The van der Waals surface area contributed by atoms with Crippen molar-refractivity contribution in [1.29, 1.82) is 0 Å². The number of thiophene rings is 1. The average Bonchev–Trinajstić information content (AvgIpc) is 3.02. The first-order valence-electron chi connectivity index (χ1n) is 7.75. The normalized spacial score (nSPS) is 11.3. The molecule has 0 N–H and O–H groups in total. The van der Waals surface area contributed by atoms with Gasteiger partial charge in [0.25, 0.3) is 5.56 Å². The Hall–Kier alpha value is -2.45. The van der Waals surface area contributed by atoms with Crippen molar-refractivity contribution in [3.05, 3.63) is 47.3 Å². The zero-order valence-electron chi connectivity index (χ0n) is 13.7. The molecule has 126 valence electrons. The molecule has 0 aliphatic heterocycles. The van der Waals surface area contributed by atoms with Crippen molar-refractivity contribution in [1.82, 2.24) is 19.5 Å². The highest BCUT2D eigenvalue weighted by Crippen LogP contribution is 2.34. The number of benzene rings is 1. The Morgan fingerprint density at radius 1 is 1.20 bits per heavy atom. The van der Waals surface area contributed by atoms with E-state index in [1.807, 2.05) is 43.1 Å². The van der Waals surface area contributed by atoms with E-state index >= 15 is 0 Å². The first-order chi connectivity index (χ1) is 12.1. The van der Waals surface area contributed by atoms with E-state index in [1.165, 1.54) is 17.7 Å². The van der Waals surface area contributed by atoms with E-state index in [9.17, 15) is 4.79 Å². The highest BCUT2D eigenvalue weighted by Gasteiger charge is 2.18. The number of anilines is 1. The Balaban J connectivity index is 2.01. The molecule has 8 heteroatoms. The summed E-state index contributed by atoms with van der Waals surface area (Å²) in [5, 5.41) is 0.835. The second kappa shape index (κ2) is 6.12. The van der Waals surface area contributed by atoms with Crippen LogP contribution in [0.4, 0.5) is 5.82 Å². The Bertz CT molecular complexity index is 1130. The fourth-order valence-electron chi connectivity index (χ4n) is 2.69. The van der Waals surface area contributed by atoms with E-state index in [0.717, 1.165) is 33.2 Å². The molecule has 0 radical (unpaired) electrons. The van der Waals surface area contributed by atoms with Crippen molar-refractivity contribution in [3.63, 3.8) is 0 Å². The second-order valence-corrected chi connectivity index (χ2v) is 7.12. The molecule has 0 fully saturated rings. The molecular weight excluding hydrogens is 354 g/mol. The molecule has 0 aliphatic rings. The molecule has 0 amide bonds. The molecule has 6 nitrogen and oxygen atoms in total. The van der Waals surface area contributed by atoms with Crippen molar-refractivity contribution in [2.24, 2.45) is 0 Å². The third-order valence-electron chi connectivity index (χ3n) is 4.12. The minimum atomic E-state index is -0.106. The van der Waals surface area contributed by atoms with Crippen LogP contribution >= 0.6 is 24.0 Å². The molecule has 0 atom stereocenters. The van der Waals surface area contributed by atoms with E-state index in [0.29, 0.717) is 10.2 Å². The van der Waals surface area contributed by atoms with Crippen LogP contribution < -0.4 is 10.5 Å². The van der Waals surface area contributed by atoms with Crippen LogP contribution in [0.25, 0.3) is 26.1 Å². The van der Waals surface area contributed by atoms with Gasteiger partial charge < -0.3 is 4.90 Å². The van der Waals surface area contributed by atoms with Gasteiger partial charge in [-0.05, 0) is 31.2 Å².